The van der Waals surface area contributed by atoms with Crippen LogP contribution in [0.15, 0.2) is 53.4 Å². The van der Waals surface area contributed by atoms with Gasteiger partial charge in [-0.1, -0.05) is 0 Å². The number of alkyl halides is 3. The molecule has 0 aliphatic rings. The molecular formula is C16H11F3O6S. The summed E-state index contributed by atoms with van der Waals surface area (Å²) in [5.41, 5.74) is -5.35. The molecule has 0 fully saturated rings. The molecule has 0 amide bonds. The minimum atomic E-state index is -5.49. The number of halogens is 3. The lowest BCUT2D eigenvalue weighted by Crippen LogP contribution is -2.23. The molecule has 0 aliphatic carbocycles. The predicted octanol–water partition coefficient (Wildman–Crippen LogP) is 2.99. The summed E-state index contributed by atoms with van der Waals surface area (Å²) < 4.78 is 69.4. The van der Waals surface area contributed by atoms with Gasteiger partial charge in [-0.2, -0.15) is 13.2 Å². The molecular weight excluding hydrogens is 377 g/mol. The van der Waals surface area contributed by atoms with Crippen LogP contribution in [0.25, 0.3) is 0 Å². The minimum absolute atomic E-state index is 0.0784. The molecule has 138 valence electrons. The van der Waals surface area contributed by atoms with E-state index in [1.807, 2.05) is 0 Å². The molecule has 0 heterocycles. The predicted molar refractivity (Wildman–Crippen MR) is 82.4 cm³/mol. The van der Waals surface area contributed by atoms with Gasteiger partial charge < -0.3 is 9.47 Å². The maximum atomic E-state index is 12.5. The molecule has 0 spiro atoms. The minimum Gasteiger partial charge on any atom is -0.465 e. The van der Waals surface area contributed by atoms with E-state index in [2.05, 4.69) is 4.74 Å². The molecule has 0 aromatic heterocycles. The Kier molecular flexibility index (Phi) is 5.36. The van der Waals surface area contributed by atoms with Gasteiger partial charge in [0.15, 0.2) is 0 Å². The Bertz CT molecular complexity index is 916. The lowest BCUT2D eigenvalue weighted by Gasteiger charge is -2.09. The third-order valence-electron chi connectivity index (χ3n) is 3.19. The second kappa shape index (κ2) is 7.16. The Hall–Kier alpha value is -2.88. The second-order valence-corrected chi connectivity index (χ2v) is 6.82. The zero-order chi connectivity index (χ0) is 19.5. The lowest BCUT2D eigenvalue weighted by atomic mass is 10.2. The Balaban J connectivity index is 2.15. The molecule has 0 atom stereocenters. The number of hydrogen-bond donors (Lipinski definition) is 0. The topological polar surface area (TPSA) is 86.7 Å². The number of carbonyl (C=O) groups is 2. The Morgan fingerprint density at radius 1 is 0.846 bits per heavy atom. The van der Waals surface area contributed by atoms with E-state index in [0.29, 0.717) is 12.1 Å². The van der Waals surface area contributed by atoms with Crippen molar-refractivity contribution in [2.75, 3.05) is 7.11 Å². The van der Waals surface area contributed by atoms with Gasteiger partial charge in [-0.25, -0.2) is 18.0 Å². The summed E-state index contributed by atoms with van der Waals surface area (Å²) >= 11 is 0. The average molecular weight is 388 g/mol. The number of ether oxygens (including phenoxy) is 2. The molecule has 2 aromatic carbocycles. The van der Waals surface area contributed by atoms with Crippen molar-refractivity contribution >= 4 is 21.8 Å². The Morgan fingerprint density at radius 2 is 1.31 bits per heavy atom. The van der Waals surface area contributed by atoms with Crippen LogP contribution < -0.4 is 4.74 Å². The molecule has 0 saturated heterocycles. The van der Waals surface area contributed by atoms with Crippen LogP contribution in [0.5, 0.6) is 5.75 Å². The highest BCUT2D eigenvalue weighted by Crippen LogP contribution is 2.30. The molecule has 0 saturated carbocycles. The quantitative estimate of drug-likeness (QED) is 0.591. The number of rotatable bonds is 4. The van der Waals surface area contributed by atoms with Gasteiger partial charge in [0, 0.05) is 0 Å². The molecule has 0 radical (unpaired) electrons. The summed E-state index contributed by atoms with van der Waals surface area (Å²) in [6, 6.07) is 8.51. The van der Waals surface area contributed by atoms with E-state index in [9.17, 15) is 31.2 Å². The Morgan fingerprint density at radius 3 is 1.77 bits per heavy atom. The summed E-state index contributed by atoms with van der Waals surface area (Å²) in [5.74, 6) is -1.41. The summed E-state index contributed by atoms with van der Waals surface area (Å²) in [6.45, 7) is 0. The van der Waals surface area contributed by atoms with Crippen molar-refractivity contribution < 1.29 is 40.7 Å². The zero-order valence-corrected chi connectivity index (χ0v) is 13.9. The van der Waals surface area contributed by atoms with E-state index in [1.54, 1.807) is 0 Å². The molecule has 26 heavy (non-hydrogen) atoms. The number of sulfone groups is 1. The number of esters is 2. The molecule has 0 aliphatic heterocycles. The fourth-order valence-corrected chi connectivity index (χ4v) is 2.61. The fraction of sp³-hybridized carbons (Fsp3) is 0.125. The van der Waals surface area contributed by atoms with Gasteiger partial charge in [-0.15, -0.1) is 0 Å². The molecule has 0 N–H and O–H groups in total. The molecule has 0 unspecified atom stereocenters. The van der Waals surface area contributed by atoms with Crippen LogP contribution in [0.1, 0.15) is 20.7 Å². The van der Waals surface area contributed by atoms with Crippen molar-refractivity contribution in [3.63, 3.8) is 0 Å². The van der Waals surface area contributed by atoms with E-state index >= 15 is 0 Å². The summed E-state index contributed by atoms with van der Waals surface area (Å²) in [5, 5.41) is 0. The fourth-order valence-electron chi connectivity index (χ4n) is 1.85. The normalized spacial score (nSPS) is 11.7. The van der Waals surface area contributed by atoms with Crippen LogP contribution in [-0.2, 0) is 14.6 Å². The standard InChI is InChI=1S/C16H11F3O6S/c1-24-14(20)10-2-6-12(7-3-10)25-15(21)11-4-8-13(9-5-11)26(22,23)16(17,18)19/h2-9H,1H3. The van der Waals surface area contributed by atoms with Gasteiger partial charge in [0.2, 0.25) is 0 Å². The monoisotopic (exact) mass is 388 g/mol. The maximum absolute atomic E-state index is 12.5. The first-order valence-electron chi connectivity index (χ1n) is 6.88. The molecule has 0 bridgehead atoms. The largest absolute Gasteiger partial charge is 0.501 e. The lowest BCUT2D eigenvalue weighted by molar-refractivity contribution is -0.0436. The van der Waals surface area contributed by atoms with Crippen molar-refractivity contribution in [2.24, 2.45) is 0 Å². The number of hydrogen-bond acceptors (Lipinski definition) is 6. The van der Waals surface area contributed by atoms with Crippen molar-refractivity contribution in [3.8, 4) is 5.75 Å². The van der Waals surface area contributed by atoms with Crippen LogP contribution in [0.4, 0.5) is 13.2 Å². The van der Waals surface area contributed by atoms with E-state index < -0.39 is 32.2 Å². The van der Waals surface area contributed by atoms with E-state index in [-0.39, 0.29) is 16.9 Å². The van der Waals surface area contributed by atoms with E-state index in [1.165, 1.54) is 31.4 Å². The second-order valence-electron chi connectivity index (χ2n) is 4.88. The highest BCUT2D eigenvalue weighted by Gasteiger charge is 2.46. The first kappa shape index (κ1) is 19.4. The summed E-state index contributed by atoms with van der Waals surface area (Å²) in [4.78, 5) is 22.3. The number of benzene rings is 2. The number of methoxy groups -OCH3 is 1. The highest BCUT2D eigenvalue weighted by atomic mass is 32.2. The third kappa shape index (κ3) is 4.02. The maximum Gasteiger partial charge on any atom is 0.501 e. The molecule has 6 nitrogen and oxygen atoms in total. The SMILES string of the molecule is COC(=O)c1ccc(OC(=O)c2ccc(S(=O)(=O)C(F)(F)F)cc2)cc1. The number of carbonyl (C=O) groups excluding carboxylic acids is 2. The molecule has 2 rings (SSSR count). The first-order chi connectivity index (χ1) is 12.1. The van der Waals surface area contributed by atoms with E-state index in [0.717, 1.165) is 12.1 Å². The van der Waals surface area contributed by atoms with Crippen molar-refractivity contribution in [2.45, 2.75) is 10.4 Å². The van der Waals surface area contributed by atoms with Crippen LogP contribution in [0.2, 0.25) is 0 Å². The molecule has 10 heteroatoms. The van der Waals surface area contributed by atoms with Crippen molar-refractivity contribution in [1.29, 1.82) is 0 Å². The molecule has 2 aromatic rings. The third-order valence-corrected chi connectivity index (χ3v) is 4.69. The van der Waals surface area contributed by atoms with Gasteiger partial charge in [0.25, 0.3) is 9.84 Å². The van der Waals surface area contributed by atoms with E-state index in [4.69, 9.17) is 4.74 Å². The van der Waals surface area contributed by atoms with Gasteiger partial charge in [0.05, 0.1) is 23.1 Å². The van der Waals surface area contributed by atoms with Crippen LogP contribution in [0.3, 0.4) is 0 Å². The summed E-state index contributed by atoms with van der Waals surface area (Å²) in [6.07, 6.45) is 0. The van der Waals surface area contributed by atoms with Crippen LogP contribution >= 0.6 is 0 Å². The van der Waals surface area contributed by atoms with Gasteiger partial charge in [-0.3, -0.25) is 0 Å². The highest BCUT2D eigenvalue weighted by molar-refractivity contribution is 7.92. The Labute approximate surface area is 146 Å². The van der Waals surface area contributed by atoms with Gasteiger partial charge in [-0.05, 0) is 48.5 Å². The zero-order valence-electron chi connectivity index (χ0n) is 13.1. The van der Waals surface area contributed by atoms with Gasteiger partial charge >= 0.3 is 17.4 Å². The van der Waals surface area contributed by atoms with Crippen LogP contribution in [0, 0.1) is 0 Å². The first-order valence-corrected chi connectivity index (χ1v) is 8.36. The van der Waals surface area contributed by atoms with Gasteiger partial charge in [0.1, 0.15) is 5.75 Å². The summed E-state index contributed by atoms with van der Waals surface area (Å²) in [7, 11) is -4.28. The van der Waals surface area contributed by atoms with Crippen molar-refractivity contribution in [1.82, 2.24) is 0 Å². The van der Waals surface area contributed by atoms with Crippen LogP contribution in [-0.4, -0.2) is 33.0 Å². The smallest absolute Gasteiger partial charge is 0.465 e. The van der Waals surface area contributed by atoms with Crippen molar-refractivity contribution in [3.05, 3.63) is 59.7 Å². The average Bonchev–Trinajstić information content (AvgIpc) is 2.60.